The molecule has 0 amide bonds. The van der Waals surface area contributed by atoms with E-state index in [4.69, 9.17) is 0 Å². The molecule has 0 heterocycles. The van der Waals surface area contributed by atoms with Crippen LogP contribution >= 0.6 is 0 Å². The summed E-state index contributed by atoms with van der Waals surface area (Å²) in [6, 6.07) is 9.59. The molecule has 0 radical (unpaired) electrons. The van der Waals surface area contributed by atoms with Gasteiger partial charge in [-0.15, -0.1) is 6.58 Å². The van der Waals surface area contributed by atoms with Gasteiger partial charge in [-0.25, -0.2) is 0 Å². The zero-order valence-electron chi connectivity index (χ0n) is 11.7. The minimum atomic E-state index is -1.82. The van der Waals surface area contributed by atoms with Crippen molar-refractivity contribution in [2.45, 2.75) is 31.3 Å². The molecule has 0 aliphatic rings. The van der Waals surface area contributed by atoms with E-state index in [9.17, 15) is 15.0 Å². The molecule has 1 aromatic carbocycles. The Bertz CT molecular complexity index is 436. The maximum atomic E-state index is 11.6. The van der Waals surface area contributed by atoms with Gasteiger partial charge in [-0.05, 0) is 11.1 Å². The molecule has 0 aliphatic carbocycles. The Balaban J connectivity index is 3.31. The molecule has 0 bridgehead atoms. The number of carboxylic acids is 1. The second-order valence-electron chi connectivity index (χ2n) is 5.84. The van der Waals surface area contributed by atoms with Gasteiger partial charge in [-0.1, -0.05) is 56.0 Å². The SMILES string of the molecule is C=C[C@@H](O)[C@@H](C(=O)O)[C@@H](c1ccccc1)[Si](C)(C)C. The molecule has 4 heteroatoms. The number of aliphatic carboxylic acids is 1. The maximum absolute atomic E-state index is 11.6. The Hall–Kier alpha value is -1.39. The monoisotopic (exact) mass is 278 g/mol. The van der Waals surface area contributed by atoms with Crippen molar-refractivity contribution in [2.24, 2.45) is 5.92 Å². The maximum Gasteiger partial charge on any atom is 0.309 e. The third-order valence-electron chi connectivity index (χ3n) is 3.35. The van der Waals surface area contributed by atoms with E-state index in [1.807, 2.05) is 30.3 Å². The molecule has 1 rings (SSSR count). The third kappa shape index (κ3) is 3.78. The van der Waals surface area contributed by atoms with Crippen LogP contribution in [0.3, 0.4) is 0 Å². The molecule has 19 heavy (non-hydrogen) atoms. The Kier molecular flexibility index (Phi) is 5.09. The van der Waals surface area contributed by atoms with Crippen LogP contribution in [0, 0.1) is 5.92 Å². The van der Waals surface area contributed by atoms with Crippen LogP contribution in [0.1, 0.15) is 11.1 Å². The van der Waals surface area contributed by atoms with Crippen molar-refractivity contribution in [1.82, 2.24) is 0 Å². The van der Waals surface area contributed by atoms with Gasteiger partial charge in [0.25, 0.3) is 0 Å². The highest BCUT2D eigenvalue weighted by Crippen LogP contribution is 2.36. The summed E-state index contributed by atoms with van der Waals surface area (Å²) in [6.07, 6.45) is 0.281. The topological polar surface area (TPSA) is 57.5 Å². The Morgan fingerprint density at radius 1 is 1.26 bits per heavy atom. The number of benzene rings is 1. The number of rotatable bonds is 6. The van der Waals surface area contributed by atoms with Crippen molar-refractivity contribution < 1.29 is 15.0 Å². The first-order valence-corrected chi connectivity index (χ1v) is 9.95. The highest BCUT2D eigenvalue weighted by atomic mass is 28.3. The standard InChI is InChI=1S/C15H22O3Si/c1-5-12(16)13(15(17)18)14(19(2,3)4)11-9-7-6-8-10-11/h5-10,12-14,16H,1H2,2-4H3,(H,17,18)/t12-,13-,14-/m1/s1. The fraction of sp³-hybridized carbons (Fsp3) is 0.400. The average molecular weight is 278 g/mol. The van der Waals surface area contributed by atoms with Crippen LogP contribution in [0.25, 0.3) is 0 Å². The first kappa shape index (κ1) is 15.7. The Morgan fingerprint density at radius 2 is 1.79 bits per heavy atom. The minimum absolute atomic E-state index is 0.154. The molecule has 0 unspecified atom stereocenters. The fourth-order valence-electron chi connectivity index (χ4n) is 2.54. The highest BCUT2D eigenvalue weighted by molar-refractivity contribution is 6.77. The summed E-state index contributed by atoms with van der Waals surface area (Å²) >= 11 is 0. The lowest BCUT2D eigenvalue weighted by Crippen LogP contribution is -2.44. The van der Waals surface area contributed by atoms with Crippen molar-refractivity contribution in [3.63, 3.8) is 0 Å². The predicted octanol–water partition coefficient (Wildman–Crippen LogP) is 2.90. The molecule has 3 atom stereocenters. The zero-order chi connectivity index (χ0) is 14.6. The van der Waals surface area contributed by atoms with Gasteiger partial charge in [-0.3, -0.25) is 4.79 Å². The van der Waals surface area contributed by atoms with Crippen LogP contribution in [0.4, 0.5) is 0 Å². The smallest absolute Gasteiger partial charge is 0.309 e. The molecule has 1 aromatic rings. The first-order chi connectivity index (χ1) is 8.79. The third-order valence-corrected chi connectivity index (χ3v) is 5.90. The number of hydrogen-bond acceptors (Lipinski definition) is 2. The van der Waals surface area contributed by atoms with E-state index in [-0.39, 0.29) is 5.54 Å². The molecule has 2 N–H and O–H groups in total. The lowest BCUT2D eigenvalue weighted by atomic mass is 9.93. The van der Waals surface area contributed by atoms with Crippen LogP contribution < -0.4 is 0 Å². The summed E-state index contributed by atoms with van der Waals surface area (Å²) in [5.41, 5.74) is 0.828. The van der Waals surface area contributed by atoms with E-state index in [2.05, 4.69) is 26.2 Å². The van der Waals surface area contributed by atoms with Crippen molar-refractivity contribution in [1.29, 1.82) is 0 Å². The summed E-state index contributed by atoms with van der Waals surface area (Å²) in [4.78, 5) is 11.6. The summed E-state index contributed by atoms with van der Waals surface area (Å²) < 4.78 is 0. The molecular weight excluding hydrogens is 256 g/mol. The van der Waals surface area contributed by atoms with E-state index in [0.717, 1.165) is 5.56 Å². The Morgan fingerprint density at radius 3 is 2.16 bits per heavy atom. The molecule has 0 aliphatic heterocycles. The summed E-state index contributed by atoms with van der Waals surface area (Å²) in [6.45, 7) is 9.89. The molecule has 0 fully saturated rings. The molecule has 0 aromatic heterocycles. The van der Waals surface area contributed by atoms with Gasteiger partial charge in [0.05, 0.1) is 20.1 Å². The van der Waals surface area contributed by atoms with Crippen molar-refractivity contribution in [3.8, 4) is 0 Å². The van der Waals surface area contributed by atoms with Gasteiger partial charge in [-0.2, -0.15) is 0 Å². The fourth-order valence-corrected chi connectivity index (χ4v) is 5.15. The summed E-state index contributed by atoms with van der Waals surface area (Å²) in [7, 11) is -1.82. The highest BCUT2D eigenvalue weighted by Gasteiger charge is 2.41. The zero-order valence-corrected chi connectivity index (χ0v) is 12.7. The summed E-state index contributed by atoms with van der Waals surface area (Å²) in [5, 5.41) is 19.5. The molecule has 0 saturated heterocycles. The van der Waals surface area contributed by atoms with Gasteiger partial charge in [0, 0.05) is 0 Å². The molecule has 0 spiro atoms. The van der Waals surface area contributed by atoms with Crippen LogP contribution in [-0.2, 0) is 4.79 Å². The van der Waals surface area contributed by atoms with Crippen LogP contribution in [0.15, 0.2) is 43.0 Å². The second-order valence-corrected chi connectivity index (χ2v) is 11.2. The lowest BCUT2D eigenvalue weighted by molar-refractivity contribution is -0.144. The van der Waals surface area contributed by atoms with Crippen LogP contribution in [0.2, 0.25) is 19.6 Å². The van der Waals surface area contributed by atoms with Crippen LogP contribution in [-0.4, -0.2) is 30.4 Å². The predicted molar refractivity (Wildman–Crippen MR) is 79.9 cm³/mol. The number of hydrogen-bond donors (Lipinski definition) is 2. The van der Waals surface area contributed by atoms with E-state index in [1.54, 1.807) is 0 Å². The summed E-state index contributed by atoms with van der Waals surface area (Å²) in [5.74, 6) is -1.81. The van der Waals surface area contributed by atoms with E-state index >= 15 is 0 Å². The van der Waals surface area contributed by atoms with Crippen LogP contribution in [0.5, 0.6) is 0 Å². The molecular formula is C15H22O3Si. The minimum Gasteiger partial charge on any atom is -0.481 e. The quantitative estimate of drug-likeness (QED) is 0.621. The first-order valence-electron chi connectivity index (χ1n) is 6.37. The Labute approximate surface area is 115 Å². The number of aliphatic hydroxyl groups is 1. The number of carboxylic acid groups (broad SMARTS) is 1. The lowest BCUT2D eigenvalue weighted by Gasteiger charge is -2.35. The second kappa shape index (κ2) is 6.17. The van der Waals surface area contributed by atoms with E-state index in [1.165, 1.54) is 6.08 Å². The number of carbonyl (C=O) groups is 1. The average Bonchev–Trinajstić information content (AvgIpc) is 2.34. The molecule has 0 saturated carbocycles. The largest absolute Gasteiger partial charge is 0.481 e. The van der Waals surface area contributed by atoms with Gasteiger partial charge < -0.3 is 10.2 Å². The van der Waals surface area contributed by atoms with E-state index in [0.29, 0.717) is 0 Å². The molecule has 3 nitrogen and oxygen atoms in total. The van der Waals surface area contributed by atoms with Gasteiger partial charge >= 0.3 is 5.97 Å². The van der Waals surface area contributed by atoms with Crippen molar-refractivity contribution in [3.05, 3.63) is 48.6 Å². The van der Waals surface area contributed by atoms with Gasteiger partial charge in [0.1, 0.15) is 0 Å². The molecule has 104 valence electrons. The van der Waals surface area contributed by atoms with Gasteiger partial charge in [0.2, 0.25) is 0 Å². The van der Waals surface area contributed by atoms with E-state index < -0.39 is 26.1 Å². The van der Waals surface area contributed by atoms with Gasteiger partial charge in [0.15, 0.2) is 0 Å². The normalized spacial score (nSPS) is 16.4. The van der Waals surface area contributed by atoms with Crippen molar-refractivity contribution in [2.75, 3.05) is 0 Å². The van der Waals surface area contributed by atoms with Crippen molar-refractivity contribution >= 4 is 14.0 Å². The number of aliphatic hydroxyl groups excluding tert-OH is 1.